The van der Waals surface area contributed by atoms with Crippen LogP contribution in [0.5, 0.6) is 0 Å². The molecule has 0 aromatic heterocycles. The predicted octanol–water partition coefficient (Wildman–Crippen LogP) is 3.88. The number of para-hydroxylation sites is 2. The number of fused-ring (bicyclic) bond motifs is 1. The van der Waals surface area contributed by atoms with Crippen molar-refractivity contribution in [2.24, 2.45) is 0 Å². The smallest absolute Gasteiger partial charge is 0.0458 e. The van der Waals surface area contributed by atoms with Gasteiger partial charge in [-0.1, -0.05) is 36.4 Å². The summed E-state index contributed by atoms with van der Waals surface area (Å²) in [6.07, 6.45) is 2.40. The summed E-state index contributed by atoms with van der Waals surface area (Å²) in [6, 6.07) is 18.1. The molecule has 0 fully saturated rings. The molecule has 0 amide bonds. The number of hydrogen-bond donors (Lipinski definition) is 1. The van der Waals surface area contributed by atoms with Gasteiger partial charge in [0.05, 0.1) is 0 Å². The van der Waals surface area contributed by atoms with Crippen molar-refractivity contribution in [2.75, 3.05) is 11.9 Å². The largest absolute Gasteiger partial charge is 0.338 e. The summed E-state index contributed by atoms with van der Waals surface area (Å²) in [6.45, 7) is 3.23. The molecule has 2 aromatic carbocycles. The summed E-state index contributed by atoms with van der Waals surface area (Å²) >= 11 is 0. The van der Waals surface area contributed by atoms with Crippen molar-refractivity contribution in [1.29, 1.82) is 0 Å². The second-order valence-electron chi connectivity index (χ2n) is 5.55. The summed E-state index contributed by atoms with van der Waals surface area (Å²) in [7, 11) is 2.00. The highest BCUT2D eigenvalue weighted by Crippen LogP contribution is 2.38. The van der Waals surface area contributed by atoms with Crippen LogP contribution in [0.3, 0.4) is 0 Å². The highest BCUT2D eigenvalue weighted by atomic mass is 15.2. The number of hydrogen-bond acceptors (Lipinski definition) is 2. The van der Waals surface area contributed by atoms with E-state index in [0.717, 1.165) is 6.54 Å². The molecule has 2 heteroatoms. The van der Waals surface area contributed by atoms with E-state index < -0.39 is 0 Å². The van der Waals surface area contributed by atoms with E-state index in [1.54, 1.807) is 0 Å². The lowest BCUT2D eigenvalue weighted by Gasteiger charge is -2.38. The Kier molecular flexibility index (Phi) is 3.75. The van der Waals surface area contributed by atoms with Crippen molar-refractivity contribution in [3.8, 4) is 0 Å². The van der Waals surface area contributed by atoms with Crippen molar-refractivity contribution < 1.29 is 0 Å². The zero-order valence-electron chi connectivity index (χ0n) is 12.3. The van der Waals surface area contributed by atoms with E-state index in [2.05, 4.69) is 65.7 Å². The van der Waals surface area contributed by atoms with Crippen LogP contribution in [-0.4, -0.2) is 13.1 Å². The molecule has 3 rings (SSSR count). The Balaban J connectivity index is 2.09. The molecule has 0 aliphatic carbocycles. The summed E-state index contributed by atoms with van der Waals surface area (Å²) in [5.74, 6) is 0. The SMILES string of the molecule is CNCc1ccccc1N1c2ccccc2CCC1C. The van der Waals surface area contributed by atoms with E-state index in [4.69, 9.17) is 0 Å². The first-order valence-corrected chi connectivity index (χ1v) is 7.41. The minimum absolute atomic E-state index is 0.544. The van der Waals surface area contributed by atoms with Gasteiger partial charge < -0.3 is 10.2 Å². The third-order valence-electron chi connectivity index (χ3n) is 4.14. The molecule has 1 atom stereocenters. The van der Waals surface area contributed by atoms with Gasteiger partial charge in [-0.3, -0.25) is 0 Å². The van der Waals surface area contributed by atoms with Crippen LogP contribution in [0.25, 0.3) is 0 Å². The van der Waals surface area contributed by atoms with E-state index in [1.807, 2.05) is 7.05 Å². The molecule has 1 heterocycles. The van der Waals surface area contributed by atoms with Crippen molar-refractivity contribution >= 4 is 11.4 Å². The highest BCUT2D eigenvalue weighted by Gasteiger charge is 2.25. The second kappa shape index (κ2) is 5.68. The maximum Gasteiger partial charge on any atom is 0.0458 e. The average Bonchev–Trinajstić information content (AvgIpc) is 2.49. The van der Waals surface area contributed by atoms with Gasteiger partial charge in [-0.15, -0.1) is 0 Å². The van der Waals surface area contributed by atoms with Gasteiger partial charge in [-0.05, 0) is 50.1 Å². The van der Waals surface area contributed by atoms with Gasteiger partial charge in [0.15, 0.2) is 0 Å². The highest BCUT2D eigenvalue weighted by molar-refractivity contribution is 5.71. The fraction of sp³-hybridized carbons (Fsp3) is 0.333. The van der Waals surface area contributed by atoms with Crippen LogP contribution in [0.2, 0.25) is 0 Å². The van der Waals surface area contributed by atoms with E-state index >= 15 is 0 Å². The summed E-state index contributed by atoms with van der Waals surface area (Å²) in [5.41, 5.74) is 5.53. The first-order chi connectivity index (χ1) is 9.81. The maximum atomic E-state index is 3.28. The Bertz CT molecular complexity index is 591. The van der Waals surface area contributed by atoms with Gasteiger partial charge >= 0.3 is 0 Å². The molecule has 0 bridgehead atoms. The van der Waals surface area contributed by atoms with Gasteiger partial charge in [0.1, 0.15) is 0 Å². The van der Waals surface area contributed by atoms with Gasteiger partial charge in [-0.2, -0.15) is 0 Å². The van der Waals surface area contributed by atoms with Crippen LogP contribution in [0, 0.1) is 0 Å². The first-order valence-electron chi connectivity index (χ1n) is 7.41. The quantitative estimate of drug-likeness (QED) is 0.907. The molecule has 2 aromatic rings. The Labute approximate surface area is 121 Å². The molecule has 0 radical (unpaired) electrons. The molecule has 1 aliphatic heterocycles. The standard InChI is InChI=1S/C18H22N2/c1-14-11-12-15-7-3-5-9-17(15)20(14)18-10-6-4-8-16(18)13-19-2/h3-10,14,19H,11-13H2,1-2H3. The average molecular weight is 266 g/mol. The van der Waals surface area contributed by atoms with Crippen LogP contribution in [-0.2, 0) is 13.0 Å². The summed E-state index contributed by atoms with van der Waals surface area (Å²) < 4.78 is 0. The monoisotopic (exact) mass is 266 g/mol. The first kappa shape index (κ1) is 13.2. The molecule has 1 N–H and O–H groups in total. The molecule has 104 valence electrons. The lowest BCUT2D eigenvalue weighted by molar-refractivity contribution is 0.615. The predicted molar refractivity (Wildman–Crippen MR) is 85.6 cm³/mol. The minimum atomic E-state index is 0.544. The summed E-state index contributed by atoms with van der Waals surface area (Å²) in [4.78, 5) is 2.51. The van der Waals surface area contributed by atoms with Gasteiger partial charge in [0.25, 0.3) is 0 Å². The molecule has 0 saturated heterocycles. The summed E-state index contributed by atoms with van der Waals surface area (Å²) in [5, 5.41) is 3.28. The van der Waals surface area contributed by atoms with Crippen LogP contribution >= 0.6 is 0 Å². The minimum Gasteiger partial charge on any atom is -0.338 e. The lowest BCUT2D eigenvalue weighted by Crippen LogP contribution is -2.34. The van der Waals surface area contributed by atoms with Crippen molar-refractivity contribution in [1.82, 2.24) is 5.32 Å². The molecule has 20 heavy (non-hydrogen) atoms. The Hall–Kier alpha value is -1.80. The van der Waals surface area contributed by atoms with Crippen LogP contribution in [0.15, 0.2) is 48.5 Å². The van der Waals surface area contributed by atoms with Gasteiger partial charge in [0, 0.05) is 24.0 Å². The van der Waals surface area contributed by atoms with Gasteiger partial charge in [-0.25, -0.2) is 0 Å². The van der Waals surface area contributed by atoms with E-state index in [0.29, 0.717) is 6.04 Å². The van der Waals surface area contributed by atoms with Gasteiger partial charge in [0.2, 0.25) is 0 Å². The molecule has 2 nitrogen and oxygen atoms in total. The number of nitrogens with one attached hydrogen (secondary N) is 1. The molecule has 0 saturated carbocycles. The Morgan fingerprint density at radius 2 is 1.75 bits per heavy atom. The number of anilines is 2. The Morgan fingerprint density at radius 3 is 2.55 bits per heavy atom. The van der Waals surface area contributed by atoms with Crippen molar-refractivity contribution in [2.45, 2.75) is 32.4 Å². The third kappa shape index (κ3) is 2.32. The second-order valence-corrected chi connectivity index (χ2v) is 5.55. The fourth-order valence-electron chi connectivity index (χ4n) is 3.14. The third-order valence-corrected chi connectivity index (χ3v) is 4.14. The Morgan fingerprint density at radius 1 is 1.05 bits per heavy atom. The van der Waals surface area contributed by atoms with Crippen molar-refractivity contribution in [3.63, 3.8) is 0 Å². The lowest BCUT2D eigenvalue weighted by atomic mass is 9.95. The molecule has 0 spiro atoms. The number of benzene rings is 2. The zero-order valence-corrected chi connectivity index (χ0v) is 12.3. The number of aryl methyl sites for hydroxylation is 1. The number of rotatable bonds is 3. The number of nitrogens with zero attached hydrogens (tertiary/aromatic N) is 1. The van der Waals surface area contributed by atoms with E-state index in [1.165, 1.54) is 35.3 Å². The topological polar surface area (TPSA) is 15.3 Å². The molecular formula is C18H22N2. The van der Waals surface area contributed by atoms with Crippen LogP contribution in [0.4, 0.5) is 11.4 Å². The van der Waals surface area contributed by atoms with Crippen LogP contribution < -0.4 is 10.2 Å². The molecular weight excluding hydrogens is 244 g/mol. The van der Waals surface area contributed by atoms with E-state index in [9.17, 15) is 0 Å². The fourth-order valence-corrected chi connectivity index (χ4v) is 3.14. The normalized spacial score (nSPS) is 17.9. The molecule has 1 unspecified atom stereocenters. The van der Waals surface area contributed by atoms with Crippen molar-refractivity contribution in [3.05, 3.63) is 59.7 Å². The maximum absolute atomic E-state index is 3.28. The zero-order chi connectivity index (χ0) is 13.9. The molecule has 1 aliphatic rings. The van der Waals surface area contributed by atoms with E-state index in [-0.39, 0.29) is 0 Å². The van der Waals surface area contributed by atoms with Crippen LogP contribution in [0.1, 0.15) is 24.5 Å².